The number of rotatable bonds is 6. The van der Waals surface area contributed by atoms with Gasteiger partial charge in [-0.15, -0.1) is 5.10 Å². The van der Waals surface area contributed by atoms with Crippen molar-refractivity contribution in [2.45, 2.75) is 34.6 Å². The second kappa shape index (κ2) is 7.40. The van der Waals surface area contributed by atoms with Gasteiger partial charge in [-0.2, -0.15) is 0 Å². The summed E-state index contributed by atoms with van der Waals surface area (Å²) in [6.07, 6.45) is 1.71. The summed E-state index contributed by atoms with van der Waals surface area (Å²) < 4.78 is 1.65. The van der Waals surface area contributed by atoms with E-state index in [1.807, 2.05) is 36.1 Å². The van der Waals surface area contributed by atoms with E-state index in [2.05, 4.69) is 38.0 Å². The Balaban J connectivity index is 2.19. The van der Waals surface area contributed by atoms with Crippen LogP contribution in [0, 0.1) is 18.8 Å². The predicted molar refractivity (Wildman–Crippen MR) is 91.7 cm³/mol. The summed E-state index contributed by atoms with van der Waals surface area (Å²) in [6.45, 7) is 12.0. The SMILES string of the molecule is Cc1ccc(-n2cc(C(=O)N(CC(C)C)CC(C)C)nn2)cc1. The molecule has 2 aromatic rings. The lowest BCUT2D eigenvalue weighted by molar-refractivity contribution is 0.0709. The molecule has 0 unspecified atom stereocenters. The first-order valence-corrected chi connectivity index (χ1v) is 8.15. The minimum atomic E-state index is -0.0502. The highest BCUT2D eigenvalue weighted by Crippen LogP contribution is 2.12. The summed E-state index contributed by atoms with van der Waals surface area (Å²) >= 11 is 0. The van der Waals surface area contributed by atoms with Crippen molar-refractivity contribution in [2.24, 2.45) is 11.8 Å². The van der Waals surface area contributed by atoms with E-state index in [0.717, 1.165) is 18.8 Å². The quantitative estimate of drug-likeness (QED) is 0.822. The van der Waals surface area contributed by atoms with Crippen molar-refractivity contribution in [3.63, 3.8) is 0 Å². The Morgan fingerprint density at radius 1 is 1.09 bits per heavy atom. The number of aromatic nitrogens is 3. The van der Waals surface area contributed by atoms with Gasteiger partial charge in [0.25, 0.3) is 5.91 Å². The van der Waals surface area contributed by atoms with Gasteiger partial charge in [-0.1, -0.05) is 50.6 Å². The van der Waals surface area contributed by atoms with Gasteiger partial charge in [-0.05, 0) is 30.9 Å². The van der Waals surface area contributed by atoms with Crippen LogP contribution in [0.15, 0.2) is 30.5 Å². The first-order valence-electron chi connectivity index (χ1n) is 8.15. The van der Waals surface area contributed by atoms with Gasteiger partial charge < -0.3 is 4.90 Å². The van der Waals surface area contributed by atoms with E-state index in [0.29, 0.717) is 17.5 Å². The first kappa shape index (κ1) is 17.2. The molecule has 0 N–H and O–H groups in total. The molecule has 1 amide bonds. The number of carbonyl (C=O) groups excluding carboxylic acids is 1. The Morgan fingerprint density at radius 3 is 2.17 bits per heavy atom. The fourth-order valence-corrected chi connectivity index (χ4v) is 2.47. The Kier molecular flexibility index (Phi) is 5.53. The predicted octanol–water partition coefficient (Wildman–Crippen LogP) is 3.33. The van der Waals surface area contributed by atoms with Crippen LogP contribution in [0.3, 0.4) is 0 Å². The third-order valence-electron chi connectivity index (χ3n) is 3.47. The Labute approximate surface area is 138 Å². The van der Waals surface area contributed by atoms with Gasteiger partial charge in [0.1, 0.15) is 0 Å². The van der Waals surface area contributed by atoms with E-state index >= 15 is 0 Å². The van der Waals surface area contributed by atoms with Crippen LogP contribution >= 0.6 is 0 Å². The summed E-state index contributed by atoms with van der Waals surface area (Å²) in [6, 6.07) is 7.97. The molecule has 0 bridgehead atoms. The Hall–Kier alpha value is -2.17. The number of aryl methyl sites for hydroxylation is 1. The normalized spacial score (nSPS) is 11.3. The van der Waals surface area contributed by atoms with E-state index < -0.39 is 0 Å². The number of nitrogens with zero attached hydrogens (tertiary/aromatic N) is 4. The minimum absolute atomic E-state index is 0.0502. The molecular formula is C18H26N4O. The third-order valence-corrected chi connectivity index (χ3v) is 3.47. The number of carbonyl (C=O) groups is 1. The zero-order chi connectivity index (χ0) is 17.0. The maximum atomic E-state index is 12.7. The molecule has 124 valence electrons. The summed E-state index contributed by atoms with van der Waals surface area (Å²) in [4.78, 5) is 14.6. The van der Waals surface area contributed by atoms with Gasteiger partial charge in [0.15, 0.2) is 5.69 Å². The van der Waals surface area contributed by atoms with Crippen molar-refractivity contribution in [1.82, 2.24) is 19.9 Å². The average molecular weight is 314 g/mol. The molecule has 0 atom stereocenters. The van der Waals surface area contributed by atoms with Crippen molar-refractivity contribution in [3.8, 4) is 5.69 Å². The monoisotopic (exact) mass is 314 g/mol. The van der Waals surface area contributed by atoms with Gasteiger partial charge in [0.05, 0.1) is 11.9 Å². The van der Waals surface area contributed by atoms with E-state index in [4.69, 9.17) is 0 Å². The third kappa shape index (κ3) is 4.65. The molecule has 23 heavy (non-hydrogen) atoms. The molecule has 0 aliphatic heterocycles. The zero-order valence-electron chi connectivity index (χ0n) is 14.7. The van der Waals surface area contributed by atoms with Crippen molar-refractivity contribution in [1.29, 1.82) is 0 Å². The molecule has 0 radical (unpaired) electrons. The summed E-state index contributed by atoms with van der Waals surface area (Å²) in [5.74, 6) is 0.792. The molecule has 0 saturated heterocycles. The van der Waals surface area contributed by atoms with Crippen LogP contribution in [0.25, 0.3) is 5.69 Å². The van der Waals surface area contributed by atoms with Crippen LogP contribution in [-0.2, 0) is 0 Å². The average Bonchev–Trinajstić information content (AvgIpc) is 2.95. The number of amides is 1. The smallest absolute Gasteiger partial charge is 0.276 e. The van der Waals surface area contributed by atoms with Crippen molar-refractivity contribution in [2.75, 3.05) is 13.1 Å². The van der Waals surface area contributed by atoms with Crippen molar-refractivity contribution >= 4 is 5.91 Å². The highest BCUT2D eigenvalue weighted by atomic mass is 16.2. The molecule has 0 saturated carbocycles. The van der Waals surface area contributed by atoms with Crippen LogP contribution in [0.2, 0.25) is 0 Å². The molecule has 0 fully saturated rings. The van der Waals surface area contributed by atoms with E-state index in [1.165, 1.54) is 5.56 Å². The molecule has 1 aromatic carbocycles. The van der Waals surface area contributed by atoms with Gasteiger partial charge in [0.2, 0.25) is 0 Å². The maximum Gasteiger partial charge on any atom is 0.276 e. The van der Waals surface area contributed by atoms with Crippen molar-refractivity contribution < 1.29 is 4.79 Å². The van der Waals surface area contributed by atoms with Crippen LogP contribution in [-0.4, -0.2) is 38.9 Å². The molecule has 1 aromatic heterocycles. The maximum absolute atomic E-state index is 12.7. The van der Waals surface area contributed by atoms with E-state index in [1.54, 1.807) is 10.9 Å². The second-order valence-electron chi connectivity index (χ2n) is 6.88. The molecule has 2 rings (SSSR count). The topological polar surface area (TPSA) is 51.0 Å². The standard InChI is InChI=1S/C18H26N4O/c1-13(2)10-21(11-14(3)4)18(23)17-12-22(20-19-17)16-8-6-15(5)7-9-16/h6-9,12-14H,10-11H2,1-5H3. The molecule has 0 aliphatic carbocycles. The molecule has 5 heteroatoms. The van der Waals surface area contributed by atoms with Gasteiger partial charge in [0, 0.05) is 13.1 Å². The first-order chi connectivity index (χ1) is 10.9. The highest BCUT2D eigenvalue weighted by Gasteiger charge is 2.21. The minimum Gasteiger partial charge on any atom is -0.337 e. The van der Waals surface area contributed by atoms with Crippen molar-refractivity contribution in [3.05, 3.63) is 41.7 Å². The van der Waals surface area contributed by atoms with Gasteiger partial charge in [-0.25, -0.2) is 4.68 Å². The van der Waals surface area contributed by atoms with Crippen LogP contribution in [0.4, 0.5) is 0 Å². The molecule has 0 spiro atoms. The van der Waals surface area contributed by atoms with E-state index in [9.17, 15) is 4.79 Å². The number of hydrogen-bond donors (Lipinski definition) is 0. The second-order valence-corrected chi connectivity index (χ2v) is 6.88. The van der Waals surface area contributed by atoms with E-state index in [-0.39, 0.29) is 5.91 Å². The number of hydrogen-bond acceptors (Lipinski definition) is 3. The lowest BCUT2D eigenvalue weighted by Crippen LogP contribution is -2.37. The fourth-order valence-electron chi connectivity index (χ4n) is 2.47. The lowest BCUT2D eigenvalue weighted by atomic mass is 10.1. The van der Waals surface area contributed by atoms with Crippen LogP contribution in [0.1, 0.15) is 43.7 Å². The van der Waals surface area contributed by atoms with Crippen LogP contribution in [0.5, 0.6) is 0 Å². The van der Waals surface area contributed by atoms with Gasteiger partial charge in [-0.3, -0.25) is 4.79 Å². The van der Waals surface area contributed by atoms with Gasteiger partial charge >= 0.3 is 0 Å². The fraction of sp³-hybridized carbons (Fsp3) is 0.500. The van der Waals surface area contributed by atoms with Crippen LogP contribution < -0.4 is 0 Å². The summed E-state index contributed by atoms with van der Waals surface area (Å²) in [5.41, 5.74) is 2.48. The lowest BCUT2D eigenvalue weighted by Gasteiger charge is -2.25. The number of benzene rings is 1. The molecule has 5 nitrogen and oxygen atoms in total. The summed E-state index contributed by atoms with van der Waals surface area (Å²) in [5, 5.41) is 8.17. The molecule has 1 heterocycles. The molecule has 0 aliphatic rings. The molecular weight excluding hydrogens is 288 g/mol. The zero-order valence-corrected chi connectivity index (χ0v) is 14.7. The Bertz CT molecular complexity index is 633. The Morgan fingerprint density at radius 2 is 1.65 bits per heavy atom. The highest BCUT2D eigenvalue weighted by molar-refractivity contribution is 5.92. The largest absolute Gasteiger partial charge is 0.337 e. The summed E-state index contributed by atoms with van der Waals surface area (Å²) in [7, 11) is 0.